The molecule has 4 rings (SSSR count). The van der Waals surface area contributed by atoms with E-state index < -0.39 is 17.6 Å². The summed E-state index contributed by atoms with van der Waals surface area (Å²) in [5.74, 6) is -1.41. The number of nitrogens with zero attached hydrogens (tertiary/aromatic N) is 3. The number of H-pyrrole nitrogens is 1. The summed E-state index contributed by atoms with van der Waals surface area (Å²) in [5.41, 5.74) is 1.22. The number of ether oxygens (including phenoxy) is 1. The van der Waals surface area contributed by atoms with Gasteiger partial charge >= 0.3 is 17.6 Å². The van der Waals surface area contributed by atoms with Gasteiger partial charge in [0.25, 0.3) is 0 Å². The van der Waals surface area contributed by atoms with Crippen LogP contribution in [0.3, 0.4) is 0 Å². The standard InChI is InChI=1S/C30H31N5O6/c1-6-41-29(39)26-20(4)35(19(3)25(26)21(5)36)33(17-24(37)22-13-9-7-10-14-22)27-18(2)32-34(28(27)38)30(40)31-23-15-11-8-12-16-23/h7-16,32H,6,17H2,1-5H3,(H,31,40). The minimum absolute atomic E-state index is 0.01000. The molecule has 0 fully saturated rings. The van der Waals surface area contributed by atoms with Crippen LogP contribution in [0.5, 0.6) is 0 Å². The van der Waals surface area contributed by atoms with Crippen LogP contribution in [0.2, 0.25) is 0 Å². The van der Waals surface area contributed by atoms with Gasteiger partial charge in [-0.05, 0) is 46.8 Å². The second-order valence-corrected chi connectivity index (χ2v) is 9.38. The van der Waals surface area contributed by atoms with Gasteiger partial charge in [0.05, 0.1) is 29.1 Å². The van der Waals surface area contributed by atoms with E-state index in [4.69, 9.17) is 4.74 Å². The van der Waals surface area contributed by atoms with Crippen LogP contribution in [0.1, 0.15) is 62.0 Å². The fourth-order valence-electron chi connectivity index (χ4n) is 4.86. The molecule has 0 aliphatic rings. The monoisotopic (exact) mass is 557 g/mol. The highest BCUT2D eigenvalue weighted by atomic mass is 16.5. The highest BCUT2D eigenvalue weighted by molar-refractivity contribution is 6.07. The molecule has 0 atom stereocenters. The molecule has 0 bridgehead atoms. The lowest BCUT2D eigenvalue weighted by atomic mass is 10.1. The molecule has 0 radical (unpaired) electrons. The largest absolute Gasteiger partial charge is 0.462 e. The Hall–Kier alpha value is -5.19. The molecule has 41 heavy (non-hydrogen) atoms. The molecule has 0 aliphatic carbocycles. The number of aryl methyl sites for hydroxylation is 1. The topological polar surface area (TPSA) is 136 Å². The number of carbonyl (C=O) groups excluding carboxylic acids is 4. The lowest BCUT2D eigenvalue weighted by molar-refractivity contribution is 0.0522. The maximum Gasteiger partial charge on any atom is 0.348 e. The molecule has 0 saturated heterocycles. The van der Waals surface area contributed by atoms with Gasteiger partial charge in [-0.2, -0.15) is 4.68 Å². The summed E-state index contributed by atoms with van der Waals surface area (Å²) >= 11 is 0. The third-order valence-corrected chi connectivity index (χ3v) is 6.60. The van der Waals surface area contributed by atoms with E-state index in [0.717, 1.165) is 4.68 Å². The minimum Gasteiger partial charge on any atom is -0.462 e. The first kappa shape index (κ1) is 28.8. The van der Waals surface area contributed by atoms with Crippen molar-refractivity contribution < 1.29 is 23.9 Å². The molecular weight excluding hydrogens is 526 g/mol. The van der Waals surface area contributed by atoms with E-state index in [1.54, 1.807) is 88.4 Å². The fourth-order valence-corrected chi connectivity index (χ4v) is 4.86. The molecule has 11 nitrogen and oxygen atoms in total. The number of nitrogens with one attached hydrogen (secondary N) is 2. The molecule has 2 heterocycles. The smallest absolute Gasteiger partial charge is 0.348 e. The van der Waals surface area contributed by atoms with Crippen LogP contribution in [0.25, 0.3) is 0 Å². The van der Waals surface area contributed by atoms with Gasteiger partial charge in [-0.15, -0.1) is 0 Å². The summed E-state index contributed by atoms with van der Waals surface area (Å²) in [5, 5.41) is 6.83. The molecule has 0 aliphatic heterocycles. The van der Waals surface area contributed by atoms with E-state index in [1.165, 1.54) is 16.6 Å². The van der Waals surface area contributed by atoms with Crippen molar-refractivity contribution in [1.29, 1.82) is 0 Å². The van der Waals surface area contributed by atoms with Crippen LogP contribution in [0.4, 0.5) is 16.2 Å². The van der Waals surface area contributed by atoms with Gasteiger partial charge in [0.1, 0.15) is 12.2 Å². The van der Waals surface area contributed by atoms with Crippen molar-refractivity contribution >= 4 is 34.9 Å². The number of benzene rings is 2. The summed E-state index contributed by atoms with van der Waals surface area (Å²) < 4.78 is 7.52. The predicted molar refractivity (Wildman–Crippen MR) is 154 cm³/mol. The molecule has 1 amide bonds. The number of hydrogen-bond donors (Lipinski definition) is 2. The summed E-state index contributed by atoms with van der Waals surface area (Å²) in [6, 6.07) is 16.4. The van der Waals surface area contributed by atoms with Crippen molar-refractivity contribution in [2.24, 2.45) is 0 Å². The number of hydrogen-bond acceptors (Lipinski definition) is 7. The van der Waals surface area contributed by atoms with Gasteiger partial charge in [0.2, 0.25) is 0 Å². The zero-order chi connectivity index (χ0) is 29.8. The van der Waals surface area contributed by atoms with Crippen molar-refractivity contribution in [3.05, 3.63) is 105 Å². The molecule has 0 unspecified atom stereocenters. The molecule has 0 saturated carbocycles. The van der Waals surface area contributed by atoms with Crippen molar-refractivity contribution in [1.82, 2.24) is 14.5 Å². The Bertz CT molecular complexity index is 1680. The summed E-state index contributed by atoms with van der Waals surface area (Å²) in [7, 11) is 0. The Morgan fingerprint density at radius 3 is 2.07 bits per heavy atom. The van der Waals surface area contributed by atoms with Crippen molar-refractivity contribution in [3.8, 4) is 0 Å². The normalized spacial score (nSPS) is 10.8. The predicted octanol–water partition coefficient (Wildman–Crippen LogP) is 4.52. The van der Waals surface area contributed by atoms with Gasteiger partial charge in [0.15, 0.2) is 11.6 Å². The molecule has 2 N–H and O–H groups in total. The number of rotatable bonds is 9. The van der Waals surface area contributed by atoms with Gasteiger partial charge in [-0.25, -0.2) is 9.59 Å². The Morgan fingerprint density at radius 2 is 1.49 bits per heavy atom. The number of Topliss-reactive ketones (excluding diaryl/α,β-unsaturated/α-hetero) is 2. The average Bonchev–Trinajstić information content (AvgIpc) is 3.39. The minimum atomic E-state index is -0.734. The van der Waals surface area contributed by atoms with Crippen molar-refractivity contribution in [2.75, 3.05) is 23.5 Å². The Labute approximate surface area is 236 Å². The Morgan fingerprint density at radius 1 is 0.902 bits per heavy atom. The molecule has 2 aromatic carbocycles. The molecule has 4 aromatic rings. The number of aromatic amines is 1. The van der Waals surface area contributed by atoms with Crippen LogP contribution < -0.4 is 15.9 Å². The first-order chi connectivity index (χ1) is 19.6. The Balaban J connectivity index is 1.91. The van der Waals surface area contributed by atoms with Gasteiger partial charge in [-0.1, -0.05) is 48.5 Å². The van der Waals surface area contributed by atoms with Crippen LogP contribution in [-0.4, -0.2) is 51.2 Å². The molecule has 11 heteroatoms. The summed E-state index contributed by atoms with van der Waals surface area (Å²) in [6.45, 7) is 7.55. The number of amides is 1. The van der Waals surface area contributed by atoms with Crippen LogP contribution >= 0.6 is 0 Å². The van der Waals surface area contributed by atoms with E-state index in [0.29, 0.717) is 22.6 Å². The number of anilines is 2. The molecule has 2 aromatic heterocycles. The van der Waals surface area contributed by atoms with E-state index in [9.17, 15) is 24.0 Å². The maximum absolute atomic E-state index is 13.8. The summed E-state index contributed by atoms with van der Waals surface area (Å²) in [4.78, 5) is 66.0. The SMILES string of the molecule is CCOC(=O)c1c(C(C)=O)c(C)n(N(CC(=O)c2ccccc2)c2c(C)[nH]n(C(=O)Nc3ccccc3)c2=O)c1C. The number of ketones is 2. The van der Waals surface area contributed by atoms with Gasteiger partial charge in [0, 0.05) is 16.9 Å². The number of carbonyl (C=O) groups is 4. The number of aromatic nitrogens is 3. The number of esters is 1. The average molecular weight is 558 g/mol. The first-order valence-electron chi connectivity index (χ1n) is 13.0. The zero-order valence-corrected chi connectivity index (χ0v) is 23.5. The third-order valence-electron chi connectivity index (χ3n) is 6.60. The second-order valence-electron chi connectivity index (χ2n) is 9.38. The zero-order valence-electron chi connectivity index (χ0n) is 23.5. The highest BCUT2D eigenvalue weighted by Gasteiger charge is 2.32. The fraction of sp³-hybridized carbons (Fsp3) is 0.233. The van der Waals surface area contributed by atoms with E-state index in [1.807, 2.05) is 0 Å². The van der Waals surface area contributed by atoms with E-state index in [2.05, 4.69) is 10.4 Å². The van der Waals surface area contributed by atoms with Crippen molar-refractivity contribution in [3.63, 3.8) is 0 Å². The Kier molecular flexibility index (Phi) is 8.37. The lowest BCUT2D eigenvalue weighted by Crippen LogP contribution is -2.40. The first-order valence-corrected chi connectivity index (χ1v) is 13.0. The lowest BCUT2D eigenvalue weighted by Gasteiger charge is -2.27. The molecular formula is C30H31N5O6. The van der Waals surface area contributed by atoms with Crippen LogP contribution in [0.15, 0.2) is 65.5 Å². The highest BCUT2D eigenvalue weighted by Crippen LogP contribution is 2.28. The number of para-hydroxylation sites is 1. The van der Waals surface area contributed by atoms with E-state index >= 15 is 0 Å². The quantitative estimate of drug-likeness (QED) is 0.228. The summed E-state index contributed by atoms with van der Waals surface area (Å²) in [6.07, 6.45) is 0. The molecule has 212 valence electrons. The van der Waals surface area contributed by atoms with Crippen molar-refractivity contribution in [2.45, 2.75) is 34.6 Å². The second kappa shape index (κ2) is 11.9. The van der Waals surface area contributed by atoms with Crippen LogP contribution in [0, 0.1) is 20.8 Å². The molecule has 0 spiro atoms. The van der Waals surface area contributed by atoms with Crippen LogP contribution in [-0.2, 0) is 4.74 Å². The van der Waals surface area contributed by atoms with Gasteiger partial charge in [-0.3, -0.25) is 29.2 Å². The third kappa shape index (κ3) is 5.60. The van der Waals surface area contributed by atoms with E-state index in [-0.39, 0.29) is 47.2 Å². The van der Waals surface area contributed by atoms with Gasteiger partial charge < -0.3 is 10.1 Å². The maximum atomic E-state index is 13.8.